The molecule has 8 aromatic rings. The minimum absolute atomic E-state index is 0.0147. The maximum absolute atomic E-state index is 2.57. The van der Waals surface area contributed by atoms with Crippen molar-refractivity contribution >= 4 is 17.1 Å². The Balaban J connectivity index is 1.18. The fourth-order valence-corrected chi connectivity index (χ4v) is 12.0. The molecule has 0 saturated carbocycles. The van der Waals surface area contributed by atoms with Crippen LogP contribution in [0.25, 0.3) is 33.4 Å². The zero-order valence-corrected chi connectivity index (χ0v) is 39.2. The van der Waals surface area contributed by atoms with E-state index in [0.29, 0.717) is 0 Å². The molecule has 0 bridgehead atoms. The van der Waals surface area contributed by atoms with E-state index in [1.54, 1.807) is 0 Å². The minimum atomic E-state index is -0.467. The molecule has 0 radical (unpaired) electrons. The van der Waals surface area contributed by atoms with E-state index in [0.717, 1.165) is 5.69 Å². The number of rotatable bonds is 5. The lowest BCUT2D eigenvalue weighted by Crippen LogP contribution is -2.28. The van der Waals surface area contributed by atoms with Gasteiger partial charge in [0.1, 0.15) is 0 Å². The van der Waals surface area contributed by atoms with Crippen molar-refractivity contribution < 1.29 is 0 Å². The van der Waals surface area contributed by atoms with Crippen LogP contribution in [0.4, 0.5) is 17.1 Å². The lowest BCUT2D eigenvalue weighted by atomic mass is 9.68. The molecule has 0 N–H and O–H groups in total. The number of benzene rings is 8. The molecule has 0 aliphatic heterocycles. The summed E-state index contributed by atoms with van der Waals surface area (Å²) in [4.78, 5) is 2.57. The Morgan fingerprint density at radius 1 is 0.375 bits per heavy atom. The standard InChI is InChI=1S/C63H59N/c1-59(2,3)42-37-49-57-53(62(9,10)58(49)55(38-42)60(4,5)6)29-20-30-56(57)64(44-35-36-48-45-23-14-17-26-50(45)61(7,8)54(48)39-44)43-33-31-41(32-34-43)63(40-21-12-11-13-22-40)51-27-18-15-24-46(51)47-25-16-19-28-52(47)63/h11-39H,1-10H3. The number of fused-ring (bicyclic) bond motifs is 9. The van der Waals surface area contributed by atoms with Gasteiger partial charge in [0.2, 0.25) is 0 Å². The lowest BCUT2D eigenvalue weighted by Gasteiger charge is -2.35. The third-order valence-corrected chi connectivity index (χ3v) is 15.2. The van der Waals surface area contributed by atoms with E-state index in [1.165, 1.54) is 100 Å². The predicted molar refractivity (Wildman–Crippen MR) is 271 cm³/mol. The van der Waals surface area contributed by atoms with Crippen molar-refractivity contribution in [2.75, 3.05) is 4.90 Å². The van der Waals surface area contributed by atoms with Crippen LogP contribution < -0.4 is 4.90 Å². The van der Waals surface area contributed by atoms with E-state index in [1.807, 2.05) is 0 Å². The second-order valence-electron chi connectivity index (χ2n) is 21.8. The number of anilines is 3. The van der Waals surface area contributed by atoms with Gasteiger partial charge < -0.3 is 4.90 Å². The third kappa shape index (κ3) is 5.62. The Kier molecular flexibility index (Phi) is 8.69. The molecule has 64 heavy (non-hydrogen) atoms. The maximum Gasteiger partial charge on any atom is 0.0713 e. The molecule has 1 nitrogen and oxygen atoms in total. The number of hydrogen-bond donors (Lipinski definition) is 0. The zero-order valence-electron chi connectivity index (χ0n) is 39.2. The minimum Gasteiger partial charge on any atom is -0.310 e. The van der Waals surface area contributed by atoms with Gasteiger partial charge in [0.05, 0.1) is 11.1 Å². The van der Waals surface area contributed by atoms with Crippen molar-refractivity contribution in [1.29, 1.82) is 0 Å². The summed E-state index contributed by atoms with van der Waals surface area (Å²) in [6.07, 6.45) is 0. The van der Waals surface area contributed by atoms with Crippen LogP contribution in [0.3, 0.4) is 0 Å². The van der Waals surface area contributed by atoms with Gasteiger partial charge in [0, 0.05) is 27.8 Å². The van der Waals surface area contributed by atoms with Gasteiger partial charge in [-0.15, -0.1) is 0 Å². The van der Waals surface area contributed by atoms with Crippen molar-refractivity contribution in [1.82, 2.24) is 0 Å². The van der Waals surface area contributed by atoms with Crippen LogP contribution in [0.15, 0.2) is 176 Å². The fraction of sp³-hybridized carbons (Fsp3) is 0.238. The molecule has 0 heterocycles. The molecule has 0 unspecified atom stereocenters. The van der Waals surface area contributed by atoms with Gasteiger partial charge in [0.15, 0.2) is 0 Å². The van der Waals surface area contributed by atoms with Crippen LogP contribution in [0.1, 0.15) is 125 Å². The normalized spacial score (nSPS) is 15.7. The highest BCUT2D eigenvalue weighted by Gasteiger charge is 2.47. The van der Waals surface area contributed by atoms with Gasteiger partial charge in [-0.3, -0.25) is 0 Å². The monoisotopic (exact) mass is 829 g/mol. The molecule has 0 fully saturated rings. The van der Waals surface area contributed by atoms with E-state index >= 15 is 0 Å². The summed E-state index contributed by atoms with van der Waals surface area (Å²) in [7, 11) is 0. The molecule has 316 valence electrons. The van der Waals surface area contributed by atoms with Gasteiger partial charge in [-0.05, 0) is 125 Å². The summed E-state index contributed by atoms with van der Waals surface area (Å²) in [5, 5.41) is 0. The third-order valence-electron chi connectivity index (χ3n) is 15.2. The molecule has 0 spiro atoms. The van der Waals surface area contributed by atoms with Crippen molar-refractivity contribution in [3.8, 4) is 33.4 Å². The average Bonchev–Trinajstić information content (AvgIpc) is 3.81. The molecule has 0 saturated heterocycles. The molecule has 8 aromatic carbocycles. The fourth-order valence-electron chi connectivity index (χ4n) is 12.0. The SMILES string of the molecule is CC(C)(C)c1cc2c(c(C(C)(C)C)c1)C(C)(C)c1cccc(N(c3ccc(C4(c5ccccc5)c5ccccc5-c5ccccc54)cc3)c3ccc4c(c3)C(C)(C)c3ccccc3-4)c1-2. The predicted octanol–water partition coefficient (Wildman–Crippen LogP) is 16.7. The topological polar surface area (TPSA) is 3.24 Å². The van der Waals surface area contributed by atoms with Crippen molar-refractivity contribution in [2.24, 2.45) is 0 Å². The zero-order chi connectivity index (χ0) is 44.6. The second kappa shape index (κ2) is 13.8. The first-order valence-electron chi connectivity index (χ1n) is 23.3. The van der Waals surface area contributed by atoms with E-state index in [2.05, 4.69) is 250 Å². The van der Waals surface area contributed by atoms with Crippen molar-refractivity contribution in [3.63, 3.8) is 0 Å². The summed E-state index contributed by atoms with van der Waals surface area (Å²) in [5.41, 5.74) is 24.3. The van der Waals surface area contributed by atoms with Gasteiger partial charge in [-0.1, -0.05) is 215 Å². The Bertz CT molecular complexity index is 3120. The summed E-state index contributed by atoms with van der Waals surface area (Å²) in [6.45, 7) is 23.9. The molecule has 0 amide bonds. The van der Waals surface area contributed by atoms with E-state index in [9.17, 15) is 0 Å². The Hall–Kier alpha value is -6.44. The largest absolute Gasteiger partial charge is 0.310 e. The molecule has 11 rings (SSSR count). The van der Waals surface area contributed by atoms with Crippen LogP contribution in [-0.2, 0) is 27.1 Å². The van der Waals surface area contributed by atoms with Crippen molar-refractivity contribution in [3.05, 3.63) is 232 Å². The molecular formula is C63H59N. The van der Waals surface area contributed by atoms with Crippen LogP contribution in [0.2, 0.25) is 0 Å². The first-order valence-corrected chi connectivity index (χ1v) is 23.3. The first kappa shape index (κ1) is 40.3. The molecule has 3 aliphatic carbocycles. The van der Waals surface area contributed by atoms with Crippen LogP contribution in [0.5, 0.6) is 0 Å². The smallest absolute Gasteiger partial charge is 0.0713 e. The second-order valence-corrected chi connectivity index (χ2v) is 21.8. The molecule has 3 aliphatic rings. The molecule has 0 aromatic heterocycles. The average molecular weight is 830 g/mol. The number of hydrogen-bond acceptors (Lipinski definition) is 1. The maximum atomic E-state index is 2.57. The van der Waals surface area contributed by atoms with Gasteiger partial charge in [-0.2, -0.15) is 0 Å². The van der Waals surface area contributed by atoms with Crippen LogP contribution in [0, 0.1) is 0 Å². The van der Waals surface area contributed by atoms with Gasteiger partial charge >= 0.3 is 0 Å². The molecule has 0 atom stereocenters. The van der Waals surface area contributed by atoms with Crippen molar-refractivity contribution in [2.45, 2.75) is 96.3 Å². The highest BCUT2D eigenvalue weighted by atomic mass is 15.1. The van der Waals surface area contributed by atoms with E-state index in [-0.39, 0.29) is 21.7 Å². The first-order chi connectivity index (χ1) is 30.5. The molecular weight excluding hydrogens is 771 g/mol. The van der Waals surface area contributed by atoms with Crippen LogP contribution in [-0.4, -0.2) is 0 Å². The summed E-state index contributed by atoms with van der Waals surface area (Å²) >= 11 is 0. The van der Waals surface area contributed by atoms with Gasteiger partial charge in [-0.25, -0.2) is 0 Å². The summed E-state index contributed by atoms with van der Waals surface area (Å²) < 4.78 is 0. The number of nitrogens with zero attached hydrogens (tertiary/aromatic N) is 1. The van der Waals surface area contributed by atoms with E-state index in [4.69, 9.17) is 0 Å². The Morgan fingerprint density at radius 3 is 1.50 bits per heavy atom. The lowest BCUT2D eigenvalue weighted by molar-refractivity contribution is 0.545. The Morgan fingerprint density at radius 2 is 0.891 bits per heavy atom. The quantitative estimate of drug-likeness (QED) is 0.167. The summed E-state index contributed by atoms with van der Waals surface area (Å²) in [6, 6.07) is 67.2. The van der Waals surface area contributed by atoms with Gasteiger partial charge in [0.25, 0.3) is 0 Å². The van der Waals surface area contributed by atoms with Crippen LogP contribution >= 0.6 is 0 Å². The summed E-state index contributed by atoms with van der Waals surface area (Å²) in [5.74, 6) is 0. The molecule has 1 heteroatoms. The highest BCUT2D eigenvalue weighted by molar-refractivity contribution is 5.97. The Labute approximate surface area is 381 Å². The highest BCUT2D eigenvalue weighted by Crippen LogP contribution is 2.60. The van der Waals surface area contributed by atoms with E-state index < -0.39 is 5.41 Å².